The molecular formula is C17H21FN2. The molecule has 0 heterocycles. The van der Waals surface area contributed by atoms with Crippen LogP contribution >= 0.6 is 0 Å². The van der Waals surface area contributed by atoms with Crippen LogP contribution in [0.1, 0.15) is 11.1 Å². The Hall–Kier alpha value is -1.87. The number of nitrogens with zero attached hydrogens (tertiary/aromatic N) is 1. The van der Waals surface area contributed by atoms with Gasteiger partial charge in [-0.05, 0) is 42.3 Å². The quantitative estimate of drug-likeness (QED) is 0.812. The number of nitrogens with one attached hydrogen (secondary N) is 1. The van der Waals surface area contributed by atoms with Gasteiger partial charge in [0.25, 0.3) is 0 Å². The maximum absolute atomic E-state index is 13.4. The fourth-order valence-electron chi connectivity index (χ4n) is 2.07. The molecule has 0 aromatic heterocycles. The Morgan fingerprint density at radius 3 is 2.35 bits per heavy atom. The predicted octanol–water partition coefficient (Wildman–Crippen LogP) is 3.22. The van der Waals surface area contributed by atoms with E-state index in [0.29, 0.717) is 6.42 Å². The average molecular weight is 272 g/mol. The van der Waals surface area contributed by atoms with E-state index in [9.17, 15) is 4.39 Å². The Balaban J connectivity index is 1.77. The molecule has 0 bridgehead atoms. The molecule has 0 aliphatic heterocycles. The Morgan fingerprint density at radius 2 is 1.70 bits per heavy atom. The summed E-state index contributed by atoms with van der Waals surface area (Å²) in [6, 6.07) is 15.4. The maximum atomic E-state index is 13.4. The average Bonchev–Trinajstić information content (AvgIpc) is 2.46. The van der Waals surface area contributed by atoms with Crippen molar-refractivity contribution in [2.75, 3.05) is 25.5 Å². The summed E-state index contributed by atoms with van der Waals surface area (Å²) in [6.07, 6.45) is 0.711. The van der Waals surface area contributed by atoms with E-state index in [4.69, 9.17) is 0 Å². The first-order valence-corrected chi connectivity index (χ1v) is 6.87. The molecule has 0 atom stereocenters. The van der Waals surface area contributed by atoms with Gasteiger partial charge in [-0.2, -0.15) is 0 Å². The number of benzene rings is 2. The molecule has 0 spiro atoms. The van der Waals surface area contributed by atoms with Crippen LogP contribution in [-0.4, -0.2) is 20.6 Å². The molecule has 3 heteroatoms. The molecule has 20 heavy (non-hydrogen) atoms. The van der Waals surface area contributed by atoms with Gasteiger partial charge in [-0.25, -0.2) is 4.39 Å². The van der Waals surface area contributed by atoms with Gasteiger partial charge in [0, 0.05) is 26.3 Å². The molecule has 2 rings (SSSR count). The third-order valence-electron chi connectivity index (χ3n) is 3.31. The van der Waals surface area contributed by atoms with E-state index < -0.39 is 0 Å². The molecule has 0 saturated carbocycles. The lowest BCUT2D eigenvalue weighted by atomic mass is 10.1. The van der Waals surface area contributed by atoms with E-state index in [-0.39, 0.29) is 5.82 Å². The third-order valence-corrected chi connectivity index (χ3v) is 3.31. The topological polar surface area (TPSA) is 15.3 Å². The Labute approximate surface area is 120 Å². The maximum Gasteiger partial charge on any atom is 0.126 e. The zero-order valence-corrected chi connectivity index (χ0v) is 12.1. The Bertz CT molecular complexity index is 535. The molecule has 0 aliphatic carbocycles. The molecule has 0 fully saturated rings. The molecule has 0 radical (unpaired) electrons. The van der Waals surface area contributed by atoms with Crippen molar-refractivity contribution in [3.05, 3.63) is 65.5 Å². The summed E-state index contributed by atoms with van der Waals surface area (Å²) >= 11 is 0. The van der Waals surface area contributed by atoms with Gasteiger partial charge in [0.15, 0.2) is 0 Å². The van der Waals surface area contributed by atoms with Crippen molar-refractivity contribution in [1.29, 1.82) is 0 Å². The van der Waals surface area contributed by atoms with Gasteiger partial charge in [-0.3, -0.25) is 0 Å². The molecule has 2 aromatic carbocycles. The van der Waals surface area contributed by atoms with Gasteiger partial charge in [0.05, 0.1) is 0 Å². The largest absolute Gasteiger partial charge is 0.378 e. The molecule has 2 nitrogen and oxygen atoms in total. The third kappa shape index (κ3) is 4.07. The number of rotatable bonds is 6. The summed E-state index contributed by atoms with van der Waals surface area (Å²) in [5.41, 5.74) is 3.20. The van der Waals surface area contributed by atoms with Crippen LogP contribution in [0, 0.1) is 5.82 Å². The highest BCUT2D eigenvalue weighted by Crippen LogP contribution is 2.12. The highest BCUT2D eigenvalue weighted by Gasteiger charge is 2.00. The van der Waals surface area contributed by atoms with Crippen LogP contribution in [0.5, 0.6) is 0 Å². The van der Waals surface area contributed by atoms with E-state index in [2.05, 4.69) is 34.5 Å². The van der Waals surface area contributed by atoms with Crippen molar-refractivity contribution in [3.8, 4) is 0 Å². The summed E-state index contributed by atoms with van der Waals surface area (Å²) < 4.78 is 13.4. The first-order valence-electron chi connectivity index (χ1n) is 6.87. The first-order chi connectivity index (χ1) is 9.66. The molecule has 0 unspecified atom stereocenters. The van der Waals surface area contributed by atoms with Gasteiger partial charge in [-0.15, -0.1) is 0 Å². The number of halogens is 1. The highest BCUT2D eigenvalue weighted by molar-refractivity contribution is 5.45. The minimum atomic E-state index is -0.121. The lowest BCUT2D eigenvalue weighted by Crippen LogP contribution is -2.17. The number of anilines is 1. The molecule has 0 aliphatic rings. The van der Waals surface area contributed by atoms with Gasteiger partial charge >= 0.3 is 0 Å². The molecule has 1 N–H and O–H groups in total. The van der Waals surface area contributed by atoms with Crippen LogP contribution in [-0.2, 0) is 13.0 Å². The predicted molar refractivity (Wildman–Crippen MR) is 82.6 cm³/mol. The minimum Gasteiger partial charge on any atom is -0.378 e. The zero-order chi connectivity index (χ0) is 14.4. The second-order valence-electron chi connectivity index (χ2n) is 5.08. The highest BCUT2D eigenvalue weighted by atomic mass is 19.1. The van der Waals surface area contributed by atoms with E-state index in [1.165, 1.54) is 17.3 Å². The van der Waals surface area contributed by atoms with Crippen molar-refractivity contribution in [2.24, 2.45) is 0 Å². The Kier molecular flexibility index (Phi) is 5.13. The molecule has 106 valence electrons. The van der Waals surface area contributed by atoms with E-state index in [1.807, 2.05) is 26.2 Å². The van der Waals surface area contributed by atoms with Crippen LogP contribution in [0.3, 0.4) is 0 Å². The second-order valence-corrected chi connectivity index (χ2v) is 5.08. The zero-order valence-electron chi connectivity index (χ0n) is 12.1. The van der Waals surface area contributed by atoms with Crippen LogP contribution in [0.15, 0.2) is 48.5 Å². The van der Waals surface area contributed by atoms with Crippen molar-refractivity contribution in [1.82, 2.24) is 5.32 Å². The van der Waals surface area contributed by atoms with Gasteiger partial charge in [-0.1, -0.05) is 30.3 Å². The second kappa shape index (κ2) is 7.06. The monoisotopic (exact) mass is 272 g/mol. The molecule has 0 amide bonds. The summed E-state index contributed by atoms with van der Waals surface area (Å²) in [6.45, 7) is 1.58. The van der Waals surface area contributed by atoms with Gasteiger partial charge in [0.2, 0.25) is 0 Å². The Morgan fingerprint density at radius 1 is 1.00 bits per heavy atom. The van der Waals surface area contributed by atoms with Crippen molar-refractivity contribution < 1.29 is 4.39 Å². The summed E-state index contributed by atoms with van der Waals surface area (Å²) in [5, 5.41) is 3.35. The minimum absolute atomic E-state index is 0.121. The van der Waals surface area contributed by atoms with Crippen molar-refractivity contribution in [3.63, 3.8) is 0 Å². The summed E-state index contributed by atoms with van der Waals surface area (Å²) in [5.74, 6) is -0.121. The van der Waals surface area contributed by atoms with E-state index in [0.717, 1.165) is 18.7 Å². The van der Waals surface area contributed by atoms with Crippen LogP contribution < -0.4 is 10.2 Å². The molecule has 2 aromatic rings. The number of hydrogen-bond donors (Lipinski definition) is 1. The van der Waals surface area contributed by atoms with Crippen molar-refractivity contribution in [2.45, 2.75) is 13.0 Å². The van der Waals surface area contributed by atoms with Crippen LogP contribution in [0.2, 0.25) is 0 Å². The normalized spacial score (nSPS) is 10.6. The van der Waals surface area contributed by atoms with Crippen LogP contribution in [0.25, 0.3) is 0 Å². The lowest BCUT2D eigenvalue weighted by molar-refractivity contribution is 0.598. The fourth-order valence-corrected chi connectivity index (χ4v) is 2.07. The SMILES string of the molecule is CN(C)c1ccc(CNCCc2ccccc2F)cc1. The fraction of sp³-hybridized carbons (Fsp3) is 0.294. The van der Waals surface area contributed by atoms with Gasteiger partial charge < -0.3 is 10.2 Å². The van der Waals surface area contributed by atoms with Crippen molar-refractivity contribution >= 4 is 5.69 Å². The summed E-state index contributed by atoms with van der Waals surface area (Å²) in [4.78, 5) is 2.08. The van der Waals surface area contributed by atoms with Gasteiger partial charge in [0.1, 0.15) is 5.82 Å². The lowest BCUT2D eigenvalue weighted by Gasteiger charge is -2.13. The molecular weight excluding hydrogens is 251 g/mol. The van der Waals surface area contributed by atoms with E-state index in [1.54, 1.807) is 6.07 Å². The molecule has 0 saturated heterocycles. The standard InChI is InChI=1S/C17H21FN2/c1-20(2)16-9-7-14(8-10-16)13-19-12-11-15-5-3-4-6-17(15)18/h3-10,19H,11-13H2,1-2H3. The summed E-state index contributed by atoms with van der Waals surface area (Å²) in [7, 11) is 4.06. The van der Waals surface area contributed by atoms with E-state index >= 15 is 0 Å². The first kappa shape index (κ1) is 14.5. The number of hydrogen-bond acceptors (Lipinski definition) is 2. The van der Waals surface area contributed by atoms with Crippen LogP contribution in [0.4, 0.5) is 10.1 Å². The smallest absolute Gasteiger partial charge is 0.126 e.